The van der Waals surface area contributed by atoms with Crippen LogP contribution >= 0.6 is 46.7 Å². The van der Waals surface area contributed by atoms with Gasteiger partial charge in [-0.25, -0.2) is 19.9 Å². The summed E-state index contributed by atoms with van der Waals surface area (Å²) in [4.78, 5) is 42.2. The van der Waals surface area contributed by atoms with Crippen LogP contribution in [0.15, 0.2) is 108 Å². The summed E-state index contributed by atoms with van der Waals surface area (Å²) in [5.41, 5.74) is 17.7. The Bertz CT molecular complexity index is 2970. The molecule has 4 aromatic heterocycles. The number of nitrogens with one attached hydrogen (secondary N) is 1. The number of hydrogen-bond donors (Lipinski definition) is 4. The number of fused-ring (bicyclic) bond motifs is 2. The van der Waals surface area contributed by atoms with Gasteiger partial charge in [-0.1, -0.05) is 11.6 Å². The van der Waals surface area contributed by atoms with Crippen molar-refractivity contribution in [2.75, 3.05) is 109 Å². The first-order chi connectivity index (χ1) is 33.8. The number of thiophene rings is 2. The maximum Gasteiger partial charge on any atom is 0.275 e. The Labute approximate surface area is 437 Å². The van der Waals surface area contributed by atoms with Gasteiger partial charge in [0.2, 0.25) is 0 Å². The summed E-state index contributed by atoms with van der Waals surface area (Å²) in [6, 6.07) is 24.3. The van der Waals surface area contributed by atoms with Gasteiger partial charge in [0.15, 0.2) is 5.82 Å². The summed E-state index contributed by atoms with van der Waals surface area (Å²) in [6.07, 6.45) is 3.04. The van der Waals surface area contributed by atoms with E-state index in [4.69, 9.17) is 47.1 Å². The molecule has 21 nitrogen and oxygen atoms in total. The number of methoxy groups -OCH3 is 4. The van der Waals surface area contributed by atoms with Crippen LogP contribution in [-0.4, -0.2) is 113 Å². The molecule has 0 aliphatic carbocycles. The molecule has 0 aliphatic rings. The topological polar surface area (TPSA) is 269 Å². The van der Waals surface area contributed by atoms with Crippen LogP contribution in [0.5, 0.6) is 23.0 Å². The minimum atomic E-state index is -0.515. The van der Waals surface area contributed by atoms with E-state index in [1.807, 2.05) is 99.2 Å². The molecule has 0 atom stereocenters. The van der Waals surface area contributed by atoms with E-state index in [-0.39, 0.29) is 25.2 Å². The number of ether oxygens (including phenoxy) is 4. The molecule has 0 fully saturated rings. The number of anilines is 7. The van der Waals surface area contributed by atoms with Crippen LogP contribution in [-0.2, 0) is 0 Å². The predicted octanol–water partition coefficient (Wildman–Crippen LogP) is 10.3. The largest absolute Gasteiger partial charge is 0.497 e. The van der Waals surface area contributed by atoms with Crippen molar-refractivity contribution in [1.29, 1.82) is 0 Å². The first kappa shape index (κ1) is 60.4. The molecule has 6 N–H and O–H groups in total. The standard InChI is InChI=1S/C15H16N4OS.C9H12N2O3.C9H14N2O.C7H8N2O3.C6H3ClN2S.CH4O.ClH.H2/c1-19(2)11-6-10(7-12(8-11)20-3)18-15-14-13(4-5-21-14)16-9-17-15;1-10(2)7-4-8(11(12)13)6-9(5-7)14-3;1-11(2)8-4-7(10)5-9(6-8)12-3;1-12-7-3-5(8)2-6(4-7)9(10)11;7-6-5-4(1-2-10-5)8-3-9-6;1-2;;/h4-9H,1-3H3,(H,16,17,18);4-6H,1-3H3;4-6H,10H2,1-3H3;2-4H,8H2,1H3;1-3H;2H,1H3;2*1H. The van der Waals surface area contributed by atoms with Crippen molar-refractivity contribution in [3.63, 3.8) is 0 Å². The van der Waals surface area contributed by atoms with Gasteiger partial charge in [0.25, 0.3) is 11.4 Å². The summed E-state index contributed by atoms with van der Waals surface area (Å²) in [6.45, 7) is 0. The van der Waals surface area contributed by atoms with E-state index in [0.717, 1.165) is 73.3 Å². The second-order valence-electron chi connectivity index (χ2n) is 14.7. The van der Waals surface area contributed by atoms with Gasteiger partial charge >= 0.3 is 0 Å². The Morgan fingerprint density at radius 2 is 0.986 bits per heavy atom. The number of nitrogens with zero attached hydrogens (tertiary/aromatic N) is 9. The average Bonchev–Trinajstić information content (AvgIpc) is 4.07. The number of aliphatic hydroxyl groups excluding tert-OH is 1. The molecule has 72 heavy (non-hydrogen) atoms. The maximum absolute atomic E-state index is 10.6. The van der Waals surface area contributed by atoms with E-state index in [9.17, 15) is 20.2 Å². The number of nitrogen functional groups attached to an aromatic ring is 2. The number of benzene rings is 4. The molecule has 0 aliphatic heterocycles. The van der Waals surface area contributed by atoms with Crippen LogP contribution in [0.25, 0.3) is 20.4 Å². The van der Waals surface area contributed by atoms with Gasteiger partial charge in [-0.15, -0.1) is 35.1 Å². The number of aromatic nitrogens is 4. The van der Waals surface area contributed by atoms with Gasteiger partial charge in [-0.3, -0.25) is 20.2 Å². The zero-order chi connectivity index (χ0) is 52.8. The van der Waals surface area contributed by atoms with Gasteiger partial charge in [-0.05, 0) is 35.0 Å². The van der Waals surface area contributed by atoms with Gasteiger partial charge in [0.05, 0.1) is 70.9 Å². The van der Waals surface area contributed by atoms with Crippen LogP contribution < -0.4 is 50.4 Å². The number of non-ortho nitro benzene ring substituents is 2. The van der Waals surface area contributed by atoms with Crippen molar-refractivity contribution < 1.29 is 35.3 Å². The summed E-state index contributed by atoms with van der Waals surface area (Å²) >= 11 is 8.94. The average molecular weight is 1070 g/mol. The lowest BCUT2D eigenvalue weighted by atomic mass is 10.2. The first-order valence-corrected chi connectivity index (χ1v) is 22.8. The molecule has 0 unspecified atom stereocenters. The van der Waals surface area contributed by atoms with Gasteiger partial charge in [0.1, 0.15) is 40.8 Å². The summed E-state index contributed by atoms with van der Waals surface area (Å²) in [5.74, 6) is 3.29. The molecule has 0 amide bonds. The van der Waals surface area contributed by atoms with Crippen LogP contribution in [0, 0.1) is 20.2 Å². The third-order valence-electron chi connectivity index (χ3n) is 9.21. The summed E-state index contributed by atoms with van der Waals surface area (Å²) < 4.78 is 22.2. The molecular weight excluding hydrogens is 1010 g/mol. The summed E-state index contributed by atoms with van der Waals surface area (Å²) in [7, 11) is 18.8. The molecular formula is C47H60Cl2N12O9S2. The van der Waals surface area contributed by atoms with E-state index in [0.29, 0.717) is 22.3 Å². The molecule has 0 saturated heterocycles. The number of nitrogens with two attached hydrogens (primary N) is 2. The molecule has 0 radical (unpaired) electrons. The van der Waals surface area contributed by atoms with Gasteiger partial charge in [0, 0.05) is 133 Å². The van der Waals surface area contributed by atoms with Crippen molar-refractivity contribution >= 4 is 118 Å². The highest BCUT2D eigenvalue weighted by molar-refractivity contribution is 7.18. The lowest BCUT2D eigenvalue weighted by molar-refractivity contribution is -0.385. The highest BCUT2D eigenvalue weighted by Gasteiger charge is 2.12. The smallest absolute Gasteiger partial charge is 0.275 e. The van der Waals surface area contributed by atoms with Crippen LogP contribution in [0.4, 0.5) is 51.3 Å². The van der Waals surface area contributed by atoms with Crippen LogP contribution in [0.3, 0.4) is 0 Å². The molecule has 0 spiro atoms. The fourth-order valence-electron chi connectivity index (χ4n) is 5.67. The summed E-state index contributed by atoms with van der Waals surface area (Å²) in [5, 5.41) is 35.8. The van der Waals surface area contributed by atoms with Gasteiger partial charge < -0.3 is 55.5 Å². The Hall–Kier alpha value is -7.70. The highest BCUT2D eigenvalue weighted by atomic mass is 35.5. The quantitative estimate of drug-likeness (QED) is 0.0406. The molecule has 388 valence electrons. The normalized spacial score (nSPS) is 9.68. The molecule has 8 rings (SSSR count). The zero-order valence-corrected chi connectivity index (χ0v) is 44.6. The monoisotopic (exact) mass is 1070 g/mol. The Balaban J connectivity index is 0.000000461. The van der Waals surface area contributed by atoms with Gasteiger partial charge in [-0.2, -0.15) is 0 Å². The molecule has 0 saturated carbocycles. The van der Waals surface area contributed by atoms with E-state index in [1.165, 1.54) is 50.9 Å². The van der Waals surface area contributed by atoms with Crippen molar-refractivity contribution in [2.24, 2.45) is 0 Å². The Morgan fingerprint density at radius 1 is 0.583 bits per heavy atom. The second kappa shape index (κ2) is 30.1. The number of nitro groups is 2. The second-order valence-corrected chi connectivity index (χ2v) is 16.9. The van der Waals surface area contributed by atoms with Crippen LogP contribution in [0.1, 0.15) is 1.43 Å². The minimum Gasteiger partial charge on any atom is -0.497 e. The fraction of sp³-hybridized carbons (Fsp3) is 0.234. The molecule has 0 bridgehead atoms. The third-order valence-corrected chi connectivity index (χ3v) is 11.4. The lowest BCUT2D eigenvalue weighted by Gasteiger charge is -2.16. The van der Waals surface area contributed by atoms with E-state index in [1.54, 1.807) is 60.3 Å². The van der Waals surface area contributed by atoms with E-state index in [2.05, 4.69) is 31.3 Å². The van der Waals surface area contributed by atoms with E-state index >= 15 is 0 Å². The van der Waals surface area contributed by atoms with Crippen LogP contribution in [0.2, 0.25) is 5.15 Å². The predicted molar refractivity (Wildman–Crippen MR) is 298 cm³/mol. The minimum absolute atomic E-state index is 0. The van der Waals surface area contributed by atoms with Crippen molar-refractivity contribution in [2.45, 2.75) is 0 Å². The highest BCUT2D eigenvalue weighted by Crippen LogP contribution is 2.32. The first-order valence-electron chi connectivity index (χ1n) is 20.7. The number of halogens is 2. The van der Waals surface area contributed by atoms with Crippen molar-refractivity contribution in [3.8, 4) is 23.0 Å². The molecule has 4 aromatic carbocycles. The Morgan fingerprint density at radius 3 is 1.47 bits per heavy atom. The van der Waals surface area contributed by atoms with Crippen molar-refractivity contribution in [1.82, 2.24) is 19.9 Å². The SMILES string of the molecule is CO.COc1cc(N(C)C)cc([N+](=O)[O-])c1.COc1cc(N)cc(N(C)C)c1.COc1cc(N)cc([N+](=O)[O-])c1.COc1cc(Nc2ncnc3ccsc23)cc(N(C)C)c1.Cl.Clc1ncnc2ccsc12.[HH]. The lowest BCUT2D eigenvalue weighted by Crippen LogP contribution is -2.09. The molecule has 4 heterocycles. The number of aliphatic hydroxyl groups is 1. The number of rotatable bonds is 11. The number of hydrogen-bond acceptors (Lipinski definition) is 21. The zero-order valence-electron chi connectivity index (χ0n) is 41.4. The molecule has 8 aromatic rings. The fourth-order valence-corrected chi connectivity index (χ4v) is 7.45. The van der Waals surface area contributed by atoms with Crippen molar-refractivity contribution in [3.05, 3.63) is 134 Å². The Kier molecular flexibility index (Phi) is 25.3. The maximum atomic E-state index is 10.6. The third kappa shape index (κ3) is 18.6. The molecule has 25 heteroatoms. The van der Waals surface area contributed by atoms with E-state index < -0.39 is 9.85 Å². The number of nitro benzene ring substituents is 2.